The van der Waals surface area contributed by atoms with Crippen LogP contribution < -0.4 is 25.1 Å². The number of nitrogens with one attached hydrogen (secondary N) is 1. The molecule has 0 spiro atoms. The van der Waals surface area contributed by atoms with Gasteiger partial charge in [0.1, 0.15) is 5.82 Å². The summed E-state index contributed by atoms with van der Waals surface area (Å²) in [5.74, 6) is 1.39. The number of ether oxygens (including phenoxy) is 3. The highest BCUT2D eigenvalue weighted by Crippen LogP contribution is 2.41. The van der Waals surface area contributed by atoms with E-state index in [0.29, 0.717) is 45.4 Å². The van der Waals surface area contributed by atoms with Crippen LogP contribution in [0.2, 0.25) is 0 Å². The number of carbonyl (C=O) groups is 1. The van der Waals surface area contributed by atoms with Crippen molar-refractivity contribution in [3.63, 3.8) is 0 Å². The van der Waals surface area contributed by atoms with Crippen molar-refractivity contribution in [2.24, 2.45) is 5.92 Å². The Labute approximate surface area is 229 Å². The van der Waals surface area contributed by atoms with Crippen molar-refractivity contribution < 1.29 is 19.0 Å². The van der Waals surface area contributed by atoms with E-state index in [-0.39, 0.29) is 17.4 Å². The smallest absolute Gasteiger partial charge is 0.265 e. The lowest BCUT2D eigenvalue weighted by Gasteiger charge is -2.23. The van der Waals surface area contributed by atoms with Crippen LogP contribution in [0, 0.1) is 12.8 Å². The number of hydrogen-bond donors (Lipinski definition) is 1. The molecule has 1 aromatic heterocycles. The number of aromatic nitrogens is 2. The molecule has 0 aliphatic carbocycles. The number of para-hydroxylation sites is 1. The van der Waals surface area contributed by atoms with Crippen LogP contribution in [-0.2, 0) is 4.79 Å². The molecule has 1 unspecified atom stereocenters. The maximum atomic E-state index is 13.4. The van der Waals surface area contributed by atoms with Gasteiger partial charge in [-0.2, -0.15) is 0 Å². The number of anilines is 1. The Bertz CT molecular complexity index is 1470. The van der Waals surface area contributed by atoms with Crippen molar-refractivity contribution in [3.05, 3.63) is 82.4 Å². The molecule has 1 amide bonds. The molecule has 0 saturated heterocycles. The summed E-state index contributed by atoms with van der Waals surface area (Å²) in [5.41, 5.74) is 2.57. The second kappa shape index (κ2) is 13.0. The van der Waals surface area contributed by atoms with E-state index in [1.54, 1.807) is 75.3 Å². The zero-order valence-corrected chi connectivity index (χ0v) is 23.9. The van der Waals surface area contributed by atoms with Gasteiger partial charge in [-0.3, -0.25) is 14.2 Å². The van der Waals surface area contributed by atoms with E-state index in [4.69, 9.17) is 14.2 Å². The maximum Gasteiger partial charge on any atom is 0.265 e. The standard InChI is InChI=1S/C29H31N3O5.C2H6/c1-17(2)26(19-15-24(35-4)27(37-6)25(16-19)36-5)28(33)31-20-11-13-21(14-12-20)32-18(3)30-23-10-8-7-9-22(23)29(32)34;1-2/h7-17,26H,1-6H3,(H,31,33);1-2H3. The summed E-state index contributed by atoms with van der Waals surface area (Å²) in [6, 6.07) is 18.0. The van der Waals surface area contributed by atoms with E-state index >= 15 is 0 Å². The molecule has 206 valence electrons. The lowest BCUT2D eigenvalue weighted by atomic mass is 9.87. The molecular formula is C31H37N3O5. The predicted molar refractivity (Wildman–Crippen MR) is 156 cm³/mol. The summed E-state index contributed by atoms with van der Waals surface area (Å²) in [5, 5.41) is 3.56. The molecule has 0 saturated carbocycles. The summed E-state index contributed by atoms with van der Waals surface area (Å²) >= 11 is 0. The van der Waals surface area contributed by atoms with Crippen LogP contribution in [0.5, 0.6) is 17.2 Å². The molecule has 0 aliphatic heterocycles. The van der Waals surface area contributed by atoms with E-state index in [1.165, 1.54) is 0 Å². The van der Waals surface area contributed by atoms with Crippen LogP contribution in [0.3, 0.4) is 0 Å². The minimum atomic E-state index is -0.470. The van der Waals surface area contributed by atoms with Crippen LogP contribution in [-0.4, -0.2) is 36.8 Å². The molecule has 1 heterocycles. The molecule has 0 bridgehead atoms. The van der Waals surface area contributed by atoms with Gasteiger partial charge in [-0.25, -0.2) is 4.98 Å². The maximum absolute atomic E-state index is 13.4. The fraction of sp³-hybridized carbons (Fsp3) is 0.323. The lowest BCUT2D eigenvalue weighted by molar-refractivity contribution is -0.118. The highest BCUT2D eigenvalue weighted by Gasteiger charge is 2.27. The molecule has 0 radical (unpaired) electrons. The van der Waals surface area contributed by atoms with E-state index in [9.17, 15) is 9.59 Å². The van der Waals surface area contributed by atoms with Crippen molar-refractivity contribution >= 4 is 22.5 Å². The Hall–Kier alpha value is -4.33. The van der Waals surface area contributed by atoms with Gasteiger partial charge in [0.05, 0.1) is 43.8 Å². The molecule has 8 heteroatoms. The summed E-state index contributed by atoms with van der Waals surface area (Å²) in [4.78, 5) is 31.1. The quantitative estimate of drug-likeness (QED) is 0.294. The second-order valence-corrected chi connectivity index (χ2v) is 9.03. The third-order valence-electron chi connectivity index (χ3n) is 6.33. The molecular weight excluding hydrogens is 494 g/mol. The molecule has 1 N–H and O–H groups in total. The number of amides is 1. The lowest BCUT2D eigenvalue weighted by Crippen LogP contribution is -2.25. The normalized spacial score (nSPS) is 11.4. The first kappa shape index (κ1) is 29.2. The fourth-order valence-corrected chi connectivity index (χ4v) is 4.58. The minimum absolute atomic E-state index is 0.00742. The Morgan fingerprint density at radius 1 is 0.897 bits per heavy atom. The van der Waals surface area contributed by atoms with Gasteiger partial charge in [0.15, 0.2) is 11.5 Å². The Balaban J connectivity index is 0.00000205. The number of rotatable bonds is 8. The highest BCUT2D eigenvalue weighted by molar-refractivity contribution is 5.96. The first-order valence-corrected chi connectivity index (χ1v) is 13.0. The number of nitrogens with zero attached hydrogens (tertiary/aromatic N) is 2. The van der Waals surface area contributed by atoms with Crippen molar-refractivity contribution in [2.75, 3.05) is 26.6 Å². The summed E-state index contributed by atoms with van der Waals surface area (Å²) < 4.78 is 17.9. The molecule has 0 aliphatic rings. The third kappa shape index (κ3) is 6.06. The van der Waals surface area contributed by atoms with Crippen LogP contribution in [0.1, 0.15) is 45.0 Å². The molecule has 3 aromatic carbocycles. The Kier molecular flexibility index (Phi) is 9.71. The zero-order chi connectivity index (χ0) is 28.7. The molecule has 8 nitrogen and oxygen atoms in total. The van der Waals surface area contributed by atoms with Gasteiger partial charge in [0.2, 0.25) is 11.7 Å². The average Bonchev–Trinajstić information content (AvgIpc) is 2.94. The second-order valence-electron chi connectivity index (χ2n) is 9.03. The summed E-state index contributed by atoms with van der Waals surface area (Å²) in [6.45, 7) is 9.77. The van der Waals surface area contributed by atoms with E-state index in [0.717, 1.165) is 5.56 Å². The van der Waals surface area contributed by atoms with E-state index < -0.39 is 5.92 Å². The molecule has 4 rings (SSSR count). The van der Waals surface area contributed by atoms with Crippen molar-refractivity contribution in [1.82, 2.24) is 9.55 Å². The number of methoxy groups -OCH3 is 3. The van der Waals surface area contributed by atoms with Gasteiger partial charge in [0, 0.05) is 5.69 Å². The number of hydrogen-bond acceptors (Lipinski definition) is 6. The first-order valence-electron chi connectivity index (χ1n) is 13.0. The van der Waals surface area contributed by atoms with E-state index in [1.807, 2.05) is 45.9 Å². The van der Waals surface area contributed by atoms with Crippen molar-refractivity contribution in [2.45, 2.75) is 40.5 Å². The average molecular weight is 532 g/mol. The van der Waals surface area contributed by atoms with Crippen LogP contribution in [0.4, 0.5) is 5.69 Å². The number of aryl methyl sites for hydroxylation is 1. The number of carbonyl (C=O) groups excluding carboxylic acids is 1. The molecule has 1 atom stereocenters. The predicted octanol–water partition coefficient (Wildman–Crippen LogP) is 6.12. The zero-order valence-electron chi connectivity index (χ0n) is 23.9. The fourth-order valence-electron chi connectivity index (χ4n) is 4.58. The molecule has 4 aromatic rings. The molecule has 0 fully saturated rings. The van der Waals surface area contributed by atoms with Gasteiger partial charge >= 0.3 is 0 Å². The van der Waals surface area contributed by atoms with Crippen molar-refractivity contribution in [1.29, 1.82) is 0 Å². The van der Waals surface area contributed by atoms with Gasteiger partial charge in [-0.15, -0.1) is 0 Å². The minimum Gasteiger partial charge on any atom is -0.493 e. The van der Waals surface area contributed by atoms with Crippen LogP contribution in [0.15, 0.2) is 65.5 Å². The number of fused-ring (bicyclic) bond motifs is 1. The topological polar surface area (TPSA) is 91.7 Å². The highest BCUT2D eigenvalue weighted by atomic mass is 16.5. The van der Waals surface area contributed by atoms with Gasteiger partial charge in [-0.05, 0) is 66.9 Å². The van der Waals surface area contributed by atoms with E-state index in [2.05, 4.69) is 10.3 Å². The Morgan fingerprint density at radius 3 is 2.03 bits per heavy atom. The van der Waals surface area contributed by atoms with Gasteiger partial charge < -0.3 is 19.5 Å². The number of benzene rings is 3. The Morgan fingerprint density at radius 2 is 1.49 bits per heavy atom. The largest absolute Gasteiger partial charge is 0.493 e. The van der Waals surface area contributed by atoms with Crippen LogP contribution >= 0.6 is 0 Å². The van der Waals surface area contributed by atoms with Gasteiger partial charge in [-0.1, -0.05) is 39.8 Å². The first-order chi connectivity index (χ1) is 18.8. The van der Waals surface area contributed by atoms with Crippen LogP contribution in [0.25, 0.3) is 16.6 Å². The van der Waals surface area contributed by atoms with Crippen molar-refractivity contribution in [3.8, 4) is 22.9 Å². The summed E-state index contributed by atoms with van der Waals surface area (Å²) in [6.07, 6.45) is 0. The SMILES string of the molecule is CC.COc1cc(C(C(=O)Nc2ccc(-n3c(C)nc4ccccc4c3=O)cc2)C(C)C)cc(OC)c1OC. The van der Waals surface area contributed by atoms with Gasteiger partial charge in [0.25, 0.3) is 5.56 Å². The summed E-state index contributed by atoms with van der Waals surface area (Å²) in [7, 11) is 4.64. The monoisotopic (exact) mass is 531 g/mol. The molecule has 39 heavy (non-hydrogen) atoms. The third-order valence-corrected chi connectivity index (χ3v) is 6.33.